The van der Waals surface area contributed by atoms with Gasteiger partial charge in [-0.3, -0.25) is 24.5 Å². The second-order valence-corrected chi connectivity index (χ2v) is 23.0. The molecule has 9 rings (SSSR count). The molecule has 2 aliphatic heterocycles. The average Bonchev–Trinajstić information content (AvgIpc) is 4.52. The van der Waals surface area contributed by atoms with E-state index in [1.54, 1.807) is 86.4 Å². The Bertz CT molecular complexity index is 3530. The summed E-state index contributed by atoms with van der Waals surface area (Å²) in [6, 6.07) is 20.6. The Labute approximate surface area is 480 Å². The number of H-pyrrole nitrogens is 1. The lowest BCUT2D eigenvalue weighted by Crippen LogP contribution is -2.42. The van der Waals surface area contributed by atoms with Crippen LogP contribution in [0.5, 0.6) is 0 Å². The zero-order chi connectivity index (χ0) is 60.4. The standard InChI is InChI=1S/C21H19FN6O5S.C14H12FN5O.C11H20N2O5S.C8H19N/c22-15-4-2-1-3-14(15)13-28-18(16-5-8-33-26-16)11-17(25-28)20-23-12-19(21(29)24-20)34(30,31)27-6-9-32-10-7-27;15-10-4-2-1-3-9(10)8-20-13(11-5-6-21-19-11)7-12(18-20)14(16)17;1-4-18-11(14)10(9-12(2)3)19(15,16)13-5-7-17-8-6-13;1-6-9(7(2)3)8(4)5/h1-5,8,11-12H,6-7,9-10,13H2,(H,23,24,29);1-7H,8H2,(H3,16,17);9H,4-8H2,1-3H3;7-8H,6H2,1-5H3. The van der Waals surface area contributed by atoms with Gasteiger partial charge in [-0.25, -0.2) is 35.4 Å². The van der Waals surface area contributed by atoms with Gasteiger partial charge in [0.05, 0.1) is 63.7 Å². The lowest BCUT2D eigenvalue weighted by Gasteiger charge is -2.28. The molecule has 5 aromatic heterocycles. The third kappa shape index (κ3) is 17.1. The van der Waals surface area contributed by atoms with Crippen LogP contribution in [0.25, 0.3) is 34.3 Å². The Morgan fingerprint density at radius 3 is 1.71 bits per heavy atom. The molecule has 7 aromatic rings. The summed E-state index contributed by atoms with van der Waals surface area (Å²) in [5, 5.41) is 23.9. The van der Waals surface area contributed by atoms with Crippen molar-refractivity contribution < 1.29 is 53.7 Å². The van der Waals surface area contributed by atoms with Crippen molar-refractivity contribution in [2.75, 3.05) is 79.9 Å². The number of rotatable bonds is 18. The number of halogens is 2. The molecule has 0 atom stereocenters. The Morgan fingerprint density at radius 1 is 0.771 bits per heavy atom. The summed E-state index contributed by atoms with van der Waals surface area (Å²) < 4.78 is 109. The SMILES string of the molecule is CCN(C(C)C)C(C)C.CCOC(=O)C(=CN(C)C)S(=O)(=O)N1CCOCC1.N=C(N)c1cc(-c2ccon2)n(Cc2ccccc2F)n1.O=c1[nH]c(-c2cc(-c3ccon3)n(Cc3ccccc3F)n2)ncc1S(=O)(=O)N1CCOCC1. The fraction of sp³-hybridized carbons (Fsp3) is 0.407. The minimum atomic E-state index is -4.02. The number of morpholine rings is 2. The zero-order valence-electron chi connectivity index (χ0n) is 47.4. The van der Waals surface area contributed by atoms with Crippen LogP contribution in [0.3, 0.4) is 0 Å². The molecule has 0 bridgehead atoms. The zero-order valence-corrected chi connectivity index (χ0v) is 49.1. The van der Waals surface area contributed by atoms with Crippen LogP contribution in [0.15, 0.2) is 121 Å². The van der Waals surface area contributed by atoms with E-state index in [1.165, 1.54) is 49.1 Å². The van der Waals surface area contributed by atoms with E-state index in [2.05, 4.69) is 70.0 Å². The molecule has 0 spiro atoms. The number of esters is 1. The van der Waals surface area contributed by atoms with Gasteiger partial charge in [0.25, 0.3) is 15.6 Å². The van der Waals surface area contributed by atoms with Crippen LogP contribution >= 0.6 is 0 Å². The number of aromatic nitrogens is 8. The van der Waals surface area contributed by atoms with Gasteiger partial charge in [0.1, 0.15) is 52.8 Å². The maximum absolute atomic E-state index is 14.2. The summed E-state index contributed by atoms with van der Waals surface area (Å²) in [6.07, 6.45) is 5.11. The predicted octanol–water partition coefficient (Wildman–Crippen LogP) is 5.25. The Hall–Kier alpha value is -7.80. The molecule has 0 radical (unpaired) electrons. The number of nitrogens with two attached hydrogens (primary N) is 1. The topological polar surface area (TPSA) is 309 Å². The van der Waals surface area contributed by atoms with Crippen LogP contribution in [0, 0.1) is 17.0 Å². The number of nitrogen functional groups attached to an aromatic ring is 1. The van der Waals surface area contributed by atoms with Crippen molar-refractivity contribution in [1.82, 2.24) is 58.3 Å². The number of hydrogen-bond acceptors (Lipinski definition) is 19. The molecule has 2 aromatic carbocycles. The second kappa shape index (κ2) is 30.0. The summed E-state index contributed by atoms with van der Waals surface area (Å²) in [6.45, 7) is 16.4. The minimum absolute atomic E-state index is 0.0583. The largest absolute Gasteiger partial charge is 0.462 e. The summed E-state index contributed by atoms with van der Waals surface area (Å²) in [5.74, 6) is -1.64. The first-order chi connectivity index (χ1) is 39.6. The number of nitrogens with zero attached hydrogens (tertiary/aromatic N) is 11. The molecule has 25 nitrogen and oxygen atoms in total. The van der Waals surface area contributed by atoms with Gasteiger partial charge in [-0.1, -0.05) is 53.6 Å². The van der Waals surface area contributed by atoms with Crippen molar-refractivity contribution >= 4 is 31.9 Å². The number of aromatic amines is 1. The van der Waals surface area contributed by atoms with E-state index in [-0.39, 0.29) is 87.2 Å². The van der Waals surface area contributed by atoms with Gasteiger partial charge in [-0.05, 0) is 65.4 Å². The number of sulfonamides is 2. The summed E-state index contributed by atoms with van der Waals surface area (Å²) in [4.78, 5) is 34.3. The normalized spacial score (nSPS) is 14.3. The monoisotopic (exact) mass is 1190 g/mol. The van der Waals surface area contributed by atoms with Crippen molar-refractivity contribution in [3.63, 3.8) is 0 Å². The van der Waals surface area contributed by atoms with Crippen molar-refractivity contribution in [3.8, 4) is 34.3 Å². The molecule has 448 valence electrons. The van der Waals surface area contributed by atoms with E-state index in [0.717, 1.165) is 12.7 Å². The fourth-order valence-electron chi connectivity index (χ4n) is 8.54. The quantitative estimate of drug-likeness (QED) is 0.0428. The molecule has 0 amide bonds. The predicted molar refractivity (Wildman–Crippen MR) is 303 cm³/mol. The van der Waals surface area contributed by atoms with E-state index < -0.39 is 42.3 Å². The van der Waals surface area contributed by atoms with Gasteiger partial charge in [-0.15, -0.1) is 0 Å². The van der Waals surface area contributed by atoms with E-state index in [9.17, 15) is 35.2 Å². The summed E-state index contributed by atoms with van der Waals surface area (Å²) >= 11 is 0. The Morgan fingerprint density at radius 2 is 1.28 bits per heavy atom. The van der Waals surface area contributed by atoms with Gasteiger partial charge in [0, 0.05) is 81.8 Å². The molecule has 0 aliphatic carbocycles. The Balaban J connectivity index is 0.000000195. The lowest BCUT2D eigenvalue weighted by atomic mass is 10.2. The van der Waals surface area contributed by atoms with Crippen LogP contribution in [0.4, 0.5) is 8.78 Å². The number of carbonyl (C=O) groups excluding carboxylic acids is 1. The smallest absolute Gasteiger partial charge is 0.352 e. The maximum atomic E-state index is 14.2. The number of hydrogen-bond donors (Lipinski definition) is 3. The summed E-state index contributed by atoms with van der Waals surface area (Å²) in [5.41, 5.74) is 8.20. The van der Waals surface area contributed by atoms with Gasteiger partial charge in [0.2, 0.25) is 10.0 Å². The van der Waals surface area contributed by atoms with E-state index >= 15 is 0 Å². The molecular formula is C54H70F2N14O11S2. The highest BCUT2D eigenvalue weighted by molar-refractivity contribution is 7.94. The van der Waals surface area contributed by atoms with Crippen molar-refractivity contribution in [2.24, 2.45) is 5.73 Å². The molecular weight excluding hydrogens is 1120 g/mol. The highest BCUT2D eigenvalue weighted by Crippen LogP contribution is 2.26. The maximum Gasteiger partial charge on any atom is 0.352 e. The number of amidine groups is 1. The molecule has 7 heterocycles. The molecule has 0 saturated carbocycles. The first-order valence-electron chi connectivity index (χ1n) is 26.4. The van der Waals surface area contributed by atoms with Crippen LogP contribution in [0.2, 0.25) is 0 Å². The van der Waals surface area contributed by atoms with E-state index in [0.29, 0.717) is 64.9 Å². The third-order valence-electron chi connectivity index (χ3n) is 12.5. The van der Waals surface area contributed by atoms with Crippen molar-refractivity contribution in [3.05, 3.63) is 141 Å². The van der Waals surface area contributed by atoms with Crippen LogP contribution < -0.4 is 11.3 Å². The second-order valence-electron chi connectivity index (χ2n) is 19.2. The lowest BCUT2D eigenvalue weighted by molar-refractivity contribution is -0.137. The highest BCUT2D eigenvalue weighted by Gasteiger charge is 2.34. The number of ether oxygens (including phenoxy) is 3. The first kappa shape index (κ1) is 64.4. The Kier molecular flexibility index (Phi) is 23.2. The van der Waals surface area contributed by atoms with Gasteiger partial charge in [0.15, 0.2) is 15.6 Å². The number of nitrogens with one attached hydrogen (secondary N) is 2. The first-order valence-corrected chi connectivity index (χ1v) is 29.3. The van der Waals surface area contributed by atoms with Gasteiger partial charge < -0.3 is 38.9 Å². The molecule has 2 fully saturated rings. The van der Waals surface area contributed by atoms with E-state index in [1.807, 2.05) is 0 Å². The fourth-order valence-corrected chi connectivity index (χ4v) is 11.4. The van der Waals surface area contributed by atoms with Crippen LogP contribution in [-0.4, -0.2) is 179 Å². The molecule has 0 unspecified atom stereocenters. The van der Waals surface area contributed by atoms with Crippen LogP contribution in [0.1, 0.15) is 58.4 Å². The average molecular weight is 1190 g/mol. The third-order valence-corrected chi connectivity index (χ3v) is 16.3. The molecule has 83 heavy (non-hydrogen) atoms. The highest BCUT2D eigenvalue weighted by atomic mass is 32.2. The molecule has 2 saturated heterocycles. The number of benzene rings is 2. The van der Waals surface area contributed by atoms with Gasteiger partial charge in [-0.2, -0.15) is 18.8 Å². The molecule has 4 N–H and O–H groups in total. The van der Waals surface area contributed by atoms with Crippen LogP contribution in [-0.2, 0) is 52.1 Å². The number of carbonyl (C=O) groups is 1. The van der Waals surface area contributed by atoms with Gasteiger partial charge >= 0.3 is 5.97 Å². The molecule has 2 aliphatic rings. The van der Waals surface area contributed by atoms with Crippen molar-refractivity contribution in [2.45, 2.75) is 71.6 Å². The van der Waals surface area contributed by atoms with Crippen molar-refractivity contribution in [1.29, 1.82) is 5.41 Å². The molecule has 29 heteroatoms. The van der Waals surface area contributed by atoms with E-state index in [4.69, 9.17) is 34.4 Å². The minimum Gasteiger partial charge on any atom is -0.462 e. The summed E-state index contributed by atoms with van der Waals surface area (Å²) in [7, 11) is -4.57.